The van der Waals surface area contributed by atoms with E-state index in [4.69, 9.17) is 27.5 Å². The average Bonchev–Trinajstić information content (AvgIpc) is 2.53. The predicted octanol–water partition coefficient (Wildman–Crippen LogP) is 0.264. The van der Waals surface area contributed by atoms with Gasteiger partial charge in [0.1, 0.15) is 10.7 Å². The quantitative estimate of drug-likeness (QED) is 0.413. The maximum Gasteiger partial charge on any atom is 0.355 e. The van der Waals surface area contributed by atoms with Gasteiger partial charge in [-0.2, -0.15) is 0 Å². The van der Waals surface area contributed by atoms with Gasteiger partial charge < -0.3 is 9.47 Å². The van der Waals surface area contributed by atoms with Gasteiger partial charge in [0.2, 0.25) is 0 Å². The second-order valence-electron chi connectivity index (χ2n) is 4.23. The van der Waals surface area contributed by atoms with Crippen LogP contribution in [0.1, 0.15) is 13.8 Å². The zero-order chi connectivity index (χ0) is 18.3. The molecule has 0 saturated carbocycles. The molecule has 0 atom stereocenters. The fourth-order valence-corrected chi connectivity index (χ4v) is 1.90. The summed E-state index contributed by atoms with van der Waals surface area (Å²) in [5, 5.41) is -0.357. The van der Waals surface area contributed by atoms with Crippen LogP contribution in [0.3, 0.4) is 0 Å². The van der Waals surface area contributed by atoms with Gasteiger partial charge in [0.25, 0.3) is 5.56 Å². The van der Waals surface area contributed by atoms with Crippen molar-refractivity contribution >= 4 is 29.2 Å². The van der Waals surface area contributed by atoms with Gasteiger partial charge in [0.15, 0.2) is 0 Å². The van der Waals surface area contributed by atoms with Gasteiger partial charge in [0, 0.05) is 6.20 Å². The topological polar surface area (TPSA) is 96.6 Å². The maximum atomic E-state index is 12.4. The van der Waals surface area contributed by atoms with Crippen LogP contribution in [-0.4, -0.2) is 34.3 Å². The van der Waals surface area contributed by atoms with Crippen molar-refractivity contribution in [2.45, 2.75) is 20.4 Å². The highest BCUT2D eigenvalue weighted by atomic mass is 35.5. The first-order valence-electron chi connectivity index (χ1n) is 6.88. The van der Waals surface area contributed by atoms with Gasteiger partial charge >= 0.3 is 17.6 Å². The van der Waals surface area contributed by atoms with Crippen molar-refractivity contribution < 1.29 is 19.1 Å². The van der Waals surface area contributed by atoms with Crippen LogP contribution in [-0.2, 0) is 25.6 Å². The van der Waals surface area contributed by atoms with Gasteiger partial charge in [-0.15, -0.1) is 6.42 Å². The Balaban J connectivity index is 3.63. The van der Waals surface area contributed by atoms with Crippen LogP contribution in [0.2, 0.25) is 5.02 Å². The summed E-state index contributed by atoms with van der Waals surface area (Å²) < 4.78 is 10.9. The van der Waals surface area contributed by atoms with Crippen molar-refractivity contribution in [2.24, 2.45) is 0 Å². The number of terminal acetylenes is 1. The second kappa shape index (κ2) is 8.74. The van der Waals surface area contributed by atoms with Crippen LogP contribution < -0.4 is 11.2 Å². The molecule has 8 nitrogen and oxygen atoms in total. The van der Waals surface area contributed by atoms with Crippen LogP contribution >= 0.6 is 11.6 Å². The average molecular weight is 355 g/mol. The molecule has 1 heterocycles. The van der Waals surface area contributed by atoms with E-state index in [1.807, 2.05) is 0 Å². The zero-order valence-electron chi connectivity index (χ0n) is 13.1. The minimum Gasteiger partial charge on any atom is -0.463 e. The van der Waals surface area contributed by atoms with Crippen LogP contribution in [0.4, 0.5) is 0 Å². The van der Waals surface area contributed by atoms with Crippen molar-refractivity contribution in [3.05, 3.63) is 38.1 Å². The largest absolute Gasteiger partial charge is 0.463 e. The van der Waals surface area contributed by atoms with E-state index >= 15 is 0 Å². The molecular formula is C15H15ClN2O6. The van der Waals surface area contributed by atoms with Crippen molar-refractivity contribution in [3.8, 4) is 12.3 Å². The Morgan fingerprint density at radius 3 is 2.46 bits per heavy atom. The number of rotatable bonds is 6. The number of hydrogen-bond donors (Lipinski definition) is 0. The van der Waals surface area contributed by atoms with Crippen molar-refractivity contribution in [1.29, 1.82) is 0 Å². The van der Waals surface area contributed by atoms with E-state index in [0.29, 0.717) is 4.57 Å². The third kappa shape index (κ3) is 4.36. The summed E-state index contributed by atoms with van der Waals surface area (Å²) in [6, 6.07) is 0. The number of aromatic nitrogens is 2. The van der Waals surface area contributed by atoms with Gasteiger partial charge in [0.05, 0.1) is 25.8 Å². The Labute approximate surface area is 142 Å². The monoisotopic (exact) mass is 354 g/mol. The zero-order valence-corrected chi connectivity index (χ0v) is 13.8. The van der Waals surface area contributed by atoms with Gasteiger partial charge in [-0.1, -0.05) is 17.5 Å². The fraction of sp³-hybridized carbons (Fsp3) is 0.333. The Bertz CT molecular complexity index is 828. The number of carbonyl (C=O) groups excluding carboxylic acids is 2. The highest BCUT2D eigenvalue weighted by Crippen LogP contribution is 2.08. The normalized spacial score (nSPS) is 10.8. The maximum absolute atomic E-state index is 12.4. The summed E-state index contributed by atoms with van der Waals surface area (Å²) in [5.74, 6) is 0.312. The Hall–Kier alpha value is -2.79. The van der Waals surface area contributed by atoms with E-state index < -0.39 is 28.9 Å². The molecule has 0 aliphatic carbocycles. The summed E-state index contributed by atoms with van der Waals surface area (Å²) in [7, 11) is 0. The van der Waals surface area contributed by atoms with E-state index in [1.54, 1.807) is 13.8 Å². The molecular weight excluding hydrogens is 340 g/mol. The van der Waals surface area contributed by atoms with Crippen molar-refractivity contribution in [1.82, 2.24) is 9.13 Å². The molecule has 1 aromatic heterocycles. The van der Waals surface area contributed by atoms with Gasteiger partial charge in [-0.3, -0.25) is 9.36 Å². The van der Waals surface area contributed by atoms with E-state index in [2.05, 4.69) is 5.92 Å². The molecule has 0 radical (unpaired) electrons. The Morgan fingerprint density at radius 2 is 1.92 bits per heavy atom. The van der Waals surface area contributed by atoms with Crippen LogP contribution in [0.15, 0.2) is 21.9 Å². The highest BCUT2D eigenvalue weighted by molar-refractivity contribution is 6.30. The Morgan fingerprint density at radius 1 is 1.29 bits per heavy atom. The molecule has 1 aromatic rings. The summed E-state index contributed by atoms with van der Waals surface area (Å²) in [5.41, 5.74) is -2.20. The van der Waals surface area contributed by atoms with E-state index in [0.717, 1.165) is 16.8 Å². The second-order valence-corrected chi connectivity index (χ2v) is 4.63. The SMILES string of the molecule is C#CCn1c(=O)c(Cl)cn(/C(=C/C(=O)OCC)C(=O)OCC)c1=O. The third-order valence-electron chi connectivity index (χ3n) is 2.66. The number of esters is 2. The number of ether oxygens (including phenoxy) is 2. The molecule has 0 bridgehead atoms. The first-order valence-corrected chi connectivity index (χ1v) is 7.26. The molecule has 0 aliphatic heterocycles. The first-order chi connectivity index (χ1) is 11.4. The lowest BCUT2D eigenvalue weighted by Crippen LogP contribution is -2.40. The Kier molecular flexibility index (Phi) is 7.01. The summed E-state index contributed by atoms with van der Waals surface area (Å²) in [6.45, 7) is 2.84. The molecule has 0 fully saturated rings. The lowest BCUT2D eigenvalue weighted by atomic mass is 10.3. The fourth-order valence-electron chi connectivity index (χ4n) is 1.70. The number of nitrogens with zero attached hydrogens (tertiary/aromatic N) is 2. The number of halogens is 1. The molecule has 1 rings (SSSR count). The molecule has 0 saturated heterocycles. The minimum atomic E-state index is -0.963. The van der Waals surface area contributed by atoms with Crippen LogP contribution in [0.25, 0.3) is 5.70 Å². The van der Waals surface area contributed by atoms with Gasteiger partial charge in [-0.25, -0.2) is 19.0 Å². The standard InChI is InChI=1S/C15H15ClN2O6/c1-4-7-17-13(20)10(16)9-18(15(17)22)11(14(21)24-6-3)8-12(19)23-5-2/h1,8-9H,5-7H2,2-3H3/b11-8+. The predicted molar refractivity (Wildman–Crippen MR) is 86.3 cm³/mol. The van der Waals surface area contributed by atoms with E-state index in [1.165, 1.54) is 0 Å². The molecule has 0 aliphatic rings. The smallest absolute Gasteiger partial charge is 0.355 e. The molecule has 0 unspecified atom stereocenters. The first kappa shape index (κ1) is 19.3. The molecule has 128 valence electrons. The van der Waals surface area contributed by atoms with Gasteiger partial charge in [-0.05, 0) is 13.8 Å². The summed E-state index contributed by atoms with van der Waals surface area (Å²) in [6.07, 6.45) is 6.82. The van der Waals surface area contributed by atoms with Crippen molar-refractivity contribution in [3.63, 3.8) is 0 Å². The highest BCUT2D eigenvalue weighted by Gasteiger charge is 2.20. The van der Waals surface area contributed by atoms with Crippen LogP contribution in [0.5, 0.6) is 0 Å². The molecule has 0 amide bonds. The minimum absolute atomic E-state index is 0.00543. The molecule has 0 N–H and O–H groups in total. The lowest BCUT2D eigenvalue weighted by Gasteiger charge is -2.12. The summed E-state index contributed by atoms with van der Waals surface area (Å²) in [4.78, 5) is 48.0. The van der Waals surface area contributed by atoms with E-state index in [9.17, 15) is 19.2 Å². The molecule has 9 heteroatoms. The van der Waals surface area contributed by atoms with E-state index in [-0.39, 0.29) is 24.8 Å². The van der Waals surface area contributed by atoms with Crippen LogP contribution in [0, 0.1) is 12.3 Å². The molecule has 0 spiro atoms. The third-order valence-corrected chi connectivity index (χ3v) is 2.92. The number of carbonyl (C=O) groups is 2. The molecule has 0 aromatic carbocycles. The summed E-state index contributed by atoms with van der Waals surface area (Å²) >= 11 is 5.79. The van der Waals surface area contributed by atoms with Crippen molar-refractivity contribution in [2.75, 3.05) is 13.2 Å². The molecule has 24 heavy (non-hydrogen) atoms. The lowest BCUT2D eigenvalue weighted by molar-refractivity contribution is -0.139. The number of hydrogen-bond acceptors (Lipinski definition) is 6.